The number of carbonyl (C=O) groups is 2. The number of likely N-dealkylation sites (tertiary alicyclic amines) is 1. The van der Waals surface area contributed by atoms with E-state index in [1.54, 1.807) is 57.6 Å². The molecule has 1 N–H and O–H groups in total. The monoisotopic (exact) mass is 593 g/mol. The molecule has 218 valence electrons. The Morgan fingerprint density at radius 2 is 1.74 bits per heavy atom. The first-order chi connectivity index (χ1) is 20.1. The van der Waals surface area contributed by atoms with E-state index in [9.17, 15) is 27.9 Å². The maximum atomic E-state index is 13.5. The van der Waals surface area contributed by atoms with E-state index in [1.165, 1.54) is 23.5 Å². The lowest BCUT2D eigenvalue weighted by molar-refractivity contribution is -0.137. The summed E-state index contributed by atoms with van der Waals surface area (Å²) in [4.78, 5) is 34.8. The third-order valence-corrected chi connectivity index (χ3v) is 8.51. The van der Waals surface area contributed by atoms with Crippen molar-refractivity contribution in [3.05, 3.63) is 106 Å². The first-order valence-corrected chi connectivity index (χ1v) is 14.6. The number of nitrogens with zero attached hydrogens (tertiary/aromatic N) is 3. The molecular formula is C32H30F3N3O3S. The van der Waals surface area contributed by atoms with Crippen molar-refractivity contribution in [3.8, 4) is 16.9 Å². The number of amides is 2. The van der Waals surface area contributed by atoms with Gasteiger partial charge >= 0.3 is 6.18 Å². The van der Waals surface area contributed by atoms with E-state index in [0.717, 1.165) is 22.7 Å². The summed E-state index contributed by atoms with van der Waals surface area (Å²) in [6.07, 6.45) is -3.04. The molecular weight excluding hydrogens is 563 g/mol. The van der Waals surface area contributed by atoms with Crippen LogP contribution < -0.4 is 0 Å². The van der Waals surface area contributed by atoms with Gasteiger partial charge in [0.05, 0.1) is 10.6 Å². The number of halogens is 3. The number of hydrogen-bond donors (Lipinski definition) is 1. The zero-order valence-electron chi connectivity index (χ0n) is 23.0. The van der Waals surface area contributed by atoms with Gasteiger partial charge in [-0.2, -0.15) is 13.2 Å². The van der Waals surface area contributed by atoms with Crippen LogP contribution in [0.3, 0.4) is 0 Å². The first kappa shape index (κ1) is 29.3. The molecule has 0 radical (unpaired) electrons. The van der Waals surface area contributed by atoms with Crippen molar-refractivity contribution in [2.75, 3.05) is 19.6 Å². The third kappa shape index (κ3) is 6.49. The van der Waals surface area contributed by atoms with E-state index in [2.05, 4.69) is 4.98 Å². The lowest BCUT2D eigenvalue weighted by Crippen LogP contribution is -2.38. The second-order valence-electron chi connectivity index (χ2n) is 10.2. The highest BCUT2D eigenvalue weighted by Gasteiger charge is 2.31. The predicted molar refractivity (Wildman–Crippen MR) is 155 cm³/mol. The van der Waals surface area contributed by atoms with Crippen LogP contribution in [-0.2, 0) is 12.7 Å². The normalized spacial score (nSPS) is 14.1. The van der Waals surface area contributed by atoms with Crippen LogP contribution in [0.15, 0.2) is 78.2 Å². The number of rotatable bonds is 7. The number of alkyl halides is 3. The molecule has 6 nitrogen and oxygen atoms in total. The van der Waals surface area contributed by atoms with Crippen LogP contribution in [0.2, 0.25) is 0 Å². The van der Waals surface area contributed by atoms with E-state index in [1.807, 2.05) is 13.0 Å². The van der Waals surface area contributed by atoms with Gasteiger partial charge in [-0.25, -0.2) is 4.98 Å². The topological polar surface area (TPSA) is 73.7 Å². The molecule has 1 aliphatic rings. The average molecular weight is 594 g/mol. The second-order valence-corrected chi connectivity index (χ2v) is 11.1. The molecule has 0 aliphatic carbocycles. The molecule has 1 aromatic heterocycles. The van der Waals surface area contributed by atoms with E-state index >= 15 is 0 Å². The Morgan fingerprint density at radius 3 is 2.40 bits per heavy atom. The fourth-order valence-corrected chi connectivity index (χ4v) is 6.16. The van der Waals surface area contributed by atoms with E-state index in [4.69, 9.17) is 0 Å². The van der Waals surface area contributed by atoms with Crippen LogP contribution in [-0.4, -0.2) is 51.3 Å². The van der Waals surface area contributed by atoms with E-state index in [0.29, 0.717) is 61.4 Å². The summed E-state index contributed by atoms with van der Waals surface area (Å²) in [7, 11) is 0. The second kappa shape index (κ2) is 12.4. The van der Waals surface area contributed by atoms with Crippen molar-refractivity contribution in [3.63, 3.8) is 0 Å². The summed E-state index contributed by atoms with van der Waals surface area (Å²) >= 11 is 1.45. The molecule has 1 saturated heterocycles. The molecule has 42 heavy (non-hydrogen) atoms. The van der Waals surface area contributed by atoms with Crippen molar-refractivity contribution in [1.82, 2.24) is 14.8 Å². The zero-order valence-corrected chi connectivity index (χ0v) is 23.8. The molecule has 10 heteroatoms. The quantitative estimate of drug-likeness (QED) is 0.246. The summed E-state index contributed by atoms with van der Waals surface area (Å²) in [6, 6.07) is 18.6. The number of phenols is 1. The number of carbonyl (C=O) groups excluding carboxylic acids is 2. The molecule has 0 unspecified atom stereocenters. The van der Waals surface area contributed by atoms with Gasteiger partial charge in [0, 0.05) is 43.0 Å². The Kier molecular flexibility index (Phi) is 8.63. The summed E-state index contributed by atoms with van der Waals surface area (Å²) < 4.78 is 39.1. The van der Waals surface area contributed by atoms with Gasteiger partial charge in [0.25, 0.3) is 11.8 Å². The van der Waals surface area contributed by atoms with Gasteiger partial charge in [0.1, 0.15) is 11.4 Å². The van der Waals surface area contributed by atoms with Crippen molar-refractivity contribution in [1.29, 1.82) is 0 Å². The van der Waals surface area contributed by atoms with Crippen LogP contribution in [0.5, 0.6) is 5.75 Å². The molecule has 5 rings (SSSR count). The third-order valence-electron chi connectivity index (χ3n) is 7.51. The first-order valence-electron chi connectivity index (χ1n) is 13.7. The standard InChI is InChI=1S/C32H30F3N3O3S/c1-2-37(19-21-6-5-7-25(39)18-21)31(41)28-20-42-29(36-28)23-14-16-38(17-15-23)30(40)27-9-4-3-8-26(27)22-10-12-24(13-11-22)32(33,34)35/h3-13,18,20,23,39H,2,14-17,19H2,1H3. The van der Waals surface area contributed by atoms with Crippen LogP contribution in [0.1, 0.15) is 62.7 Å². The van der Waals surface area contributed by atoms with Gasteiger partial charge in [-0.3, -0.25) is 9.59 Å². The van der Waals surface area contributed by atoms with Crippen molar-refractivity contribution < 1.29 is 27.9 Å². The van der Waals surface area contributed by atoms with Crippen molar-refractivity contribution in [2.45, 2.75) is 38.4 Å². The highest BCUT2D eigenvalue weighted by molar-refractivity contribution is 7.09. The maximum absolute atomic E-state index is 13.5. The largest absolute Gasteiger partial charge is 0.508 e. The van der Waals surface area contributed by atoms with E-state index in [-0.39, 0.29) is 23.5 Å². The Labute approximate surface area is 246 Å². The Bertz CT molecular complexity index is 1560. The van der Waals surface area contributed by atoms with Gasteiger partial charge in [0.2, 0.25) is 0 Å². The minimum absolute atomic E-state index is 0.118. The van der Waals surface area contributed by atoms with E-state index < -0.39 is 11.7 Å². The van der Waals surface area contributed by atoms with Crippen LogP contribution in [0.4, 0.5) is 13.2 Å². The lowest BCUT2D eigenvalue weighted by atomic mass is 9.94. The van der Waals surface area contributed by atoms with Crippen LogP contribution in [0, 0.1) is 0 Å². The molecule has 0 bridgehead atoms. The average Bonchev–Trinajstić information content (AvgIpc) is 3.49. The number of thiazole rings is 1. The minimum atomic E-state index is -4.42. The van der Waals surface area contributed by atoms with Gasteiger partial charge in [0.15, 0.2) is 0 Å². The molecule has 2 amide bonds. The molecule has 0 spiro atoms. The lowest BCUT2D eigenvalue weighted by Gasteiger charge is -2.31. The molecule has 4 aromatic rings. The zero-order chi connectivity index (χ0) is 29.9. The number of aromatic nitrogens is 1. The van der Waals surface area contributed by atoms with Gasteiger partial charge < -0.3 is 14.9 Å². The van der Waals surface area contributed by atoms with Crippen LogP contribution >= 0.6 is 11.3 Å². The molecule has 3 aromatic carbocycles. The van der Waals surface area contributed by atoms with Crippen LogP contribution in [0.25, 0.3) is 11.1 Å². The highest BCUT2D eigenvalue weighted by Crippen LogP contribution is 2.34. The highest BCUT2D eigenvalue weighted by atomic mass is 32.1. The molecule has 0 saturated carbocycles. The number of aromatic hydroxyl groups is 1. The molecule has 1 fully saturated rings. The molecule has 1 aliphatic heterocycles. The SMILES string of the molecule is CCN(Cc1cccc(O)c1)C(=O)c1csc(C2CCN(C(=O)c3ccccc3-c3ccc(C(F)(F)F)cc3)CC2)n1. The minimum Gasteiger partial charge on any atom is -0.508 e. The van der Waals surface area contributed by atoms with Crippen molar-refractivity contribution in [2.24, 2.45) is 0 Å². The van der Waals surface area contributed by atoms with Gasteiger partial charge in [-0.05, 0) is 66.8 Å². The molecule has 2 heterocycles. The molecule has 0 atom stereocenters. The number of hydrogen-bond acceptors (Lipinski definition) is 5. The summed E-state index contributed by atoms with van der Waals surface area (Å²) in [6.45, 7) is 3.77. The summed E-state index contributed by atoms with van der Waals surface area (Å²) in [5.74, 6) is -0.0629. The summed E-state index contributed by atoms with van der Waals surface area (Å²) in [5, 5.41) is 12.4. The number of benzene rings is 3. The smallest absolute Gasteiger partial charge is 0.416 e. The Balaban J connectivity index is 1.23. The fraction of sp³-hybridized carbons (Fsp3) is 0.281. The Hall–Kier alpha value is -4.18. The summed E-state index contributed by atoms with van der Waals surface area (Å²) in [5.41, 5.74) is 2.07. The predicted octanol–water partition coefficient (Wildman–Crippen LogP) is 7.22. The van der Waals surface area contributed by atoms with Crippen molar-refractivity contribution >= 4 is 23.2 Å². The Morgan fingerprint density at radius 1 is 1.02 bits per heavy atom. The van der Waals surface area contributed by atoms with Gasteiger partial charge in [-0.15, -0.1) is 11.3 Å². The fourth-order valence-electron chi connectivity index (χ4n) is 5.20. The number of phenolic OH excluding ortho intramolecular Hbond substituents is 1. The maximum Gasteiger partial charge on any atom is 0.416 e. The van der Waals surface area contributed by atoms with Gasteiger partial charge in [-0.1, -0.05) is 42.5 Å². The number of piperidine rings is 1.